The second kappa shape index (κ2) is 5.81. The maximum Gasteiger partial charge on any atom is 0.0308 e. The smallest absolute Gasteiger partial charge is 0.0308 e. The number of hydrogen-bond donors (Lipinski definition) is 1. The zero-order valence-corrected chi connectivity index (χ0v) is 8.62. The third-order valence-corrected chi connectivity index (χ3v) is 2.24. The van der Waals surface area contributed by atoms with E-state index in [4.69, 9.17) is 0 Å². The minimum atomic E-state index is 0.979. The quantitative estimate of drug-likeness (QED) is 0.631. The van der Waals surface area contributed by atoms with Crippen LogP contribution >= 0.6 is 28.6 Å². The van der Waals surface area contributed by atoms with E-state index in [1.165, 1.54) is 0 Å². The molecule has 0 bridgehead atoms. The summed E-state index contributed by atoms with van der Waals surface area (Å²) < 4.78 is 1.04. The molecule has 0 aliphatic carbocycles. The van der Waals surface area contributed by atoms with E-state index in [1.807, 2.05) is 38.1 Å². The van der Waals surface area contributed by atoms with Gasteiger partial charge in [0.15, 0.2) is 0 Å². The fourth-order valence-corrected chi connectivity index (χ4v) is 0.897. The highest BCUT2D eigenvalue weighted by Gasteiger charge is 1.87. The van der Waals surface area contributed by atoms with Gasteiger partial charge < -0.3 is 0 Å². The summed E-state index contributed by atoms with van der Waals surface area (Å²) in [7, 11) is 0. The molecule has 0 fully saturated rings. The summed E-state index contributed by atoms with van der Waals surface area (Å²) >= 11 is 7.47. The highest BCUT2D eigenvalue weighted by atomic mass is 79.9. The largest absolute Gasteiger partial charge is 0.142 e. The Kier molecular flexibility index (Phi) is 5.84. The van der Waals surface area contributed by atoms with Gasteiger partial charge in [-0.2, -0.15) is 0 Å². The van der Waals surface area contributed by atoms with E-state index in [1.54, 1.807) is 0 Å². The lowest BCUT2D eigenvalue weighted by atomic mass is 10.4. The molecule has 10 heavy (non-hydrogen) atoms. The lowest BCUT2D eigenvalue weighted by Gasteiger charge is -1.90. The standard InChI is InChI=1S/C6H5BrS.C2H6/c7-5-3-1-2-4-6(5)8;1-2/h1-4,8H;1-2H3. The minimum Gasteiger partial charge on any atom is -0.142 e. The summed E-state index contributed by atoms with van der Waals surface area (Å²) in [5, 5.41) is 0. The summed E-state index contributed by atoms with van der Waals surface area (Å²) in [6.45, 7) is 4.00. The average molecular weight is 219 g/mol. The third-order valence-electron chi connectivity index (χ3n) is 0.852. The molecule has 0 amide bonds. The molecular formula is C8H11BrS. The Morgan fingerprint density at radius 3 is 2.00 bits per heavy atom. The van der Waals surface area contributed by atoms with Crippen molar-refractivity contribution in [2.24, 2.45) is 0 Å². The first-order chi connectivity index (χ1) is 4.80. The first-order valence-electron chi connectivity index (χ1n) is 3.24. The molecule has 0 aliphatic heterocycles. The molecule has 0 nitrogen and oxygen atoms in total. The maximum absolute atomic E-state index is 4.15. The predicted octanol–water partition coefficient (Wildman–Crippen LogP) is 3.76. The lowest BCUT2D eigenvalue weighted by Crippen LogP contribution is -1.64. The molecule has 0 N–H and O–H groups in total. The SMILES string of the molecule is CC.Sc1ccccc1Br. The summed E-state index contributed by atoms with van der Waals surface area (Å²) in [6.07, 6.45) is 0. The number of halogens is 1. The minimum absolute atomic E-state index is 0.979. The Hall–Kier alpha value is 0.0500. The van der Waals surface area contributed by atoms with Crippen molar-refractivity contribution in [1.82, 2.24) is 0 Å². The van der Waals surface area contributed by atoms with E-state index in [-0.39, 0.29) is 0 Å². The number of thiol groups is 1. The van der Waals surface area contributed by atoms with Gasteiger partial charge in [0.1, 0.15) is 0 Å². The lowest BCUT2D eigenvalue weighted by molar-refractivity contribution is 1.42. The topological polar surface area (TPSA) is 0 Å². The molecule has 56 valence electrons. The van der Waals surface area contributed by atoms with Crippen molar-refractivity contribution < 1.29 is 0 Å². The fraction of sp³-hybridized carbons (Fsp3) is 0.250. The maximum atomic E-state index is 4.15. The molecule has 0 unspecified atom stereocenters. The van der Waals surface area contributed by atoms with Crippen LogP contribution in [0.2, 0.25) is 0 Å². The van der Waals surface area contributed by atoms with Crippen molar-refractivity contribution in [3.05, 3.63) is 28.7 Å². The van der Waals surface area contributed by atoms with Gasteiger partial charge in [-0.1, -0.05) is 26.0 Å². The highest BCUT2D eigenvalue weighted by Crippen LogP contribution is 2.18. The molecule has 0 saturated carbocycles. The molecule has 0 aromatic heterocycles. The summed E-state index contributed by atoms with van der Waals surface area (Å²) in [6, 6.07) is 7.81. The van der Waals surface area contributed by atoms with E-state index >= 15 is 0 Å². The van der Waals surface area contributed by atoms with Gasteiger partial charge >= 0.3 is 0 Å². The van der Waals surface area contributed by atoms with E-state index in [0.717, 1.165) is 9.37 Å². The molecule has 0 spiro atoms. The van der Waals surface area contributed by atoms with Gasteiger partial charge in [0.2, 0.25) is 0 Å². The van der Waals surface area contributed by atoms with Crippen molar-refractivity contribution in [3.8, 4) is 0 Å². The van der Waals surface area contributed by atoms with Gasteiger partial charge in [-0.25, -0.2) is 0 Å². The Bertz CT molecular complexity index is 165. The van der Waals surface area contributed by atoms with Gasteiger partial charge in [0.05, 0.1) is 0 Å². The van der Waals surface area contributed by atoms with Crippen molar-refractivity contribution in [2.75, 3.05) is 0 Å². The number of benzene rings is 1. The molecule has 1 rings (SSSR count). The van der Waals surface area contributed by atoms with E-state index in [2.05, 4.69) is 28.6 Å². The molecule has 0 atom stereocenters. The van der Waals surface area contributed by atoms with Crippen molar-refractivity contribution in [1.29, 1.82) is 0 Å². The van der Waals surface area contributed by atoms with Gasteiger partial charge in [-0.3, -0.25) is 0 Å². The molecule has 0 aliphatic rings. The summed E-state index contributed by atoms with van der Waals surface area (Å²) in [5.41, 5.74) is 0. The molecule has 0 heterocycles. The zero-order chi connectivity index (χ0) is 7.98. The van der Waals surface area contributed by atoms with E-state index in [9.17, 15) is 0 Å². The highest BCUT2D eigenvalue weighted by molar-refractivity contribution is 9.10. The van der Waals surface area contributed by atoms with Gasteiger partial charge in [-0.15, -0.1) is 12.6 Å². The Morgan fingerprint density at radius 2 is 1.70 bits per heavy atom. The van der Waals surface area contributed by atoms with Crippen LogP contribution in [0.25, 0.3) is 0 Å². The van der Waals surface area contributed by atoms with Crippen LogP contribution in [0.4, 0.5) is 0 Å². The normalized spacial score (nSPS) is 8.00. The Balaban J connectivity index is 0.000000371. The van der Waals surface area contributed by atoms with Crippen molar-refractivity contribution in [3.63, 3.8) is 0 Å². The Morgan fingerprint density at radius 1 is 1.20 bits per heavy atom. The first kappa shape index (κ1) is 10.0. The predicted molar refractivity (Wildman–Crippen MR) is 52.7 cm³/mol. The number of hydrogen-bond acceptors (Lipinski definition) is 1. The van der Waals surface area contributed by atoms with Crippen LogP contribution in [0.1, 0.15) is 13.8 Å². The number of rotatable bonds is 0. The van der Waals surface area contributed by atoms with Crippen LogP contribution in [-0.4, -0.2) is 0 Å². The van der Waals surface area contributed by atoms with Crippen molar-refractivity contribution in [2.45, 2.75) is 18.7 Å². The molecule has 1 aromatic carbocycles. The molecule has 1 aromatic rings. The van der Waals surface area contributed by atoms with Gasteiger partial charge in [-0.05, 0) is 28.1 Å². The molecule has 2 heteroatoms. The second-order valence-electron chi connectivity index (χ2n) is 1.45. The van der Waals surface area contributed by atoms with Gasteiger partial charge in [0, 0.05) is 9.37 Å². The van der Waals surface area contributed by atoms with Gasteiger partial charge in [0.25, 0.3) is 0 Å². The van der Waals surface area contributed by atoms with Crippen LogP contribution in [0.3, 0.4) is 0 Å². The molecule has 0 radical (unpaired) electrons. The van der Waals surface area contributed by atoms with Crippen LogP contribution in [-0.2, 0) is 0 Å². The fourth-order valence-electron chi connectivity index (χ4n) is 0.452. The molecular weight excluding hydrogens is 208 g/mol. The average Bonchev–Trinajstić information content (AvgIpc) is 2.00. The molecule has 0 saturated heterocycles. The van der Waals surface area contributed by atoms with E-state index in [0.29, 0.717) is 0 Å². The summed E-state index contributed by atoms with van der Waals surface area (Å²) in [4.78, 5) is 0.979. The van der Waals surface area contributed by atoms with E-state index < -0.39 is 0 Å². The first-order valence-corrected chi connectivity index (χ1v) is 4.48. The summed E-state index contributed by atoms with van der Waals surface area (Å²) in [5.74, 6) is 0. The zero-order valence-electron chi connectivity index (χ0n) is 6.13. The third kappa shape index (κ3) is 3.28. The van der Waals surface area contributed by atoms with Crippen molar-refractivity contribution >= 4 is 28.6 Å². The second-order valence-corrected chi connectivity index (χ2v) is 2.79. The van der Waals surface area contributed by atoms with Crippen LogP contribution < -0.4 is 0 Å². The van der Waals surface area contributed by atoms with Crippen LogP contribution in [0.15, 0.2) is 33.6 Å². The monoisotopic (exact) mass is 218 g/mol. The van der Waals surface area contributed by atoms with Crippen LogP contribution in [0.5, 0.6) is 0 Å². The van der Waals surface area contributed by atoms with Crippen LogP contribution in [0, 0.1) is 0 Å². The Labute approximate surface area is 76.2 Å².